The smallest absolute Gasteiger partial charge is 0.338 e. The average Bonchev–Trinajstić information content (AvgIpc) is 2.74. The second-order valence-corrected chi connectivity index (χ2v) is 7.52. The molecule has 1 aromatic rings. The van der Waals surface area contributed by atoms with Crippen LogP contribution in [0, 0.1) is 6.92 Å². The van der Waals surface area contributed by atoms with Gasteiger partial charge in [-0.1, -0.05) is 30.4 Å². The summed E-state index contributed by atoms with van der Waals surface area (Å²) >= 11 is 0. The standard InChI is InChI=1S/C25H32O6/c1-9-15(5)24(28)30-21(12-11-14(3)4)17(7)19-13-20(26)18(8)23(22(19)27)31-25(29)16(6)10-2/h9-11,13,21,26-27H,7,12H2,1-6,8H3/b15-9-,16-10-/t21-/m0/s1. The number of esters is 2. The van der Waals surface area contributed by atoms with Gasteiger partial charge >= 0.3 is 11.9 Å². The fourth-order valence-electron chi connectivity index (χ4n) is 2.51. The van der Waals surface area contributed by atoms with Crippen molar-refractivity contribution in [3.63, 3.8) is 0 Å². The molecule has 31 heavy (non-hydrogen) atoms. The molecule has 0 saturated carbocycles. The van der Waals surface area contributed by atoms with Crippen LogP contribution in [0.5, 0.6) is 17.2 Å². The second-order valence-electron chi connectivity index (χ2n) is 7.52. The first kappa shape index (κ1) is 25.8. The van der Waals surface area contributed by atoms with E-state index in [9.17, 15) is 19.8 Å². The Labute approximate surface area is 184 Å². The summed E-state index contributed by atoms with van der Waals surface area (Å²) < 4.78 is 10.9. The Morgan fingerprint density at radius 3 is 2.13 bits per heavy atom. The van der Waals surface area contributed by atoms with Gasteiger partial charge in [0, 0.05) is 28.7 Å². The first-order valence-corrected chi connectivity index (χ1v) is 10.0. The maximum Gasteiger partial charge on any atom is 0.338 e. The van der Waals surface area contributed by atoms with Crippen molar-refractivity contribution < 1.29 is 29.3 Å². The molecular weight excluding hydrogens is 396 g/mol. The highest BCUT2D eigenvalue weighted by Gasteiger charge is 2.26. The van der Waals surface area contributed by atoms with Crippen LogP contribution in [-0.4, -0.2) is 28.3 Å². The molecular formula is C25H32O6. The van der Waals surface area contributed by atoms with Gasteiger partial charge < -0.3 is 19.7 Å². The van der Waals surface area contributed by atoms with Crippen molar-refractivity contribution in [1.29, 1.82) is 0 Å². The number of rotatable bonds is 8. The number of hydrogen-bond donors (Lipinski definition) is 2. The molecule has 0 aliphatic rings. The quantitative estimate of drug-likeness (QED) is 0.186. The average molecular weight is 429 g/mol. The van der Waals surface area contributed by atoms with Gasteiger partial charge in [0.25, 0.3) is 0 Å². The van der Waals surface area contributed by atoms with Crippen LogP contribution in [0.1, 0.15) is 59.1 Å². The zero-order valence-corrected chi connectivity index (χ0v) is 19.3. The monoisotopic (exact) mass is 428 g/mol. The van der Waals surface area contributed by atoms with Crippen LogP contribution in [0.3, 0.4) is 0 Å². The molecule has 0 bridgehead atoms. The molecule has 0 heterocycles. The number of allylic oxidation sites excluding steroid dienone is 3. The molecule has 6 heteroatoms. The summed E-state index contributed by atoms with van der Waals surface area (Å²) in [5, 5.41) is 21.2. The number of ether oxygens (including phenoxy) is 2. The predicted octanol–water partition coefficient (Wildman–Crippen LogP) is 5.53. The van der Waals surface area contributed by atoms with Crippen molar-refractivity contribution in [1.82, 2.24) is 0 Å². The van der Waals surface area contributed by atoms with E-state index in [1.807, 2.05) is 19.9 Å². The maximum atomic E-state index is 12.4. The maximum absolute atomic E-state index is 12.4. The number of hydrogen-bond acceptors (Lipinski definition) is 6. The molecule has 0 amide bonds. The van der Waals surface area contributed by atoms with Gasteiger partial charge in [0.1, 0.15) is 11.9 Å². The van der Waals surface area contributed by atoms with E-state index >= 15 is 0 Å². The van der Waals surface area contributed by atoms with Crippen molar-refractivity contribution >= 4 is 17.5 Å². The summed E-state index contributed by atoms with van der Waals surface area (Å²) in [6, 6.07) is 1.32. The fourth-order valence-corrected chi connectivity index (χ4v) is 2.51. The molecule has 168 valence electrons. The molecule has 0 radical (unpaired) electrons. The molecule has 0 unspecified atom stereocenters. The molecule has 0 aromatic heterocycles. The summed E-state index contributed by atoms with van der Waals surface area (Å²) in [6.07, 6.45) is 4.63. The van der Waals surface area contributed by atoms with E-state index in [0.717, 1.165) is 5.57 Å². The second kappa shape index (κ2) is 11.2. The van der Waals surface area contributed by atoms with E-state index in [2.05, 4.69) is 6.58 Å². The van der Waals surface area contributed by atoms with Gasteiger partial charge in [-0.3, -0.25) is 0 Å². The third-order valence-electron chi connectivity index (χ3n) is 4.90. The highest BCUT2D eigenvalue weighted by molar-refractivity contribution is 5.91. The van der Waals surface area contributed by atoms with Gasteiger partial charge in [-0.05, 0) is 60.1 Å². The summed E-state index contributed by atoms with van der Waals surface area (Å²) in [4.78, 5) is 24.6. The van der Waals surface area contributed by atoms with Crippen LogP contribution in [0.2, 0.25) is 0 Å². The summed E-state index contributed by atoms with van der Waals surface area (Å²) in [6.45, 7) is 16.0. The van der Waals surface area contributed by atoms with Crippen molar-refractivity contribution in [3.05, 3.63) is 58.7 Å². The third-order valence-corrected chi connectivity index (χ3v) is 4.90. The normalized spacial score (nSPS) is 12.7. The fraction of sp³-hybridized carbons (Fsp3) is 0.360. The predicted molar refractivity (Wildman–Crippen MR) is 122 cm³/mol. The molecule has 1 rings (SSSR count). The molecule has 0 fully saturated rings. The van der Waals surface area contributed by atoms with E-state index in [4.69, 9.17) is 9.47 Å². The van der Waals surface area contributed by atoms with Gasteiger partial charge in [0.2, 0.25) is 0 Å². The first-order valence-electron chi connectivity index (χ1n) is 10.0. The zero-order valence-electron chi connectivity index (χ0n) is 19.3. The van der Waals surface area contributed by atoms with Crippen LogP contribution in [0.25, 0.3) is 5.57 Å². The first-order chi connectivity index (χ1) is 14.4. The van der Waals surface area contributed by atoms with Crippen molar-refractivity contribution in [3.8, 4) is 17.2 Å². The minimum atomic E-state index is -0.800. The van der Waals surface area contributed by atoms with Crippen LogP contribution >= 0.6 is 0 Å². The van der Waals surface area contributed by atoms with Crippen LogP contribution in [-0.2, 0) is 14.3 Å². The highest BCUT2D eigenvalue weighted by atomic mass is 16.5. The summed E-state index contributed by atoms with van der Waals surface area (Å²) in [5.41, 5.74) is 2.39. The topological polar surface area (TPSA) is 93.1 Å². The summed E-state index contributed by atoms with van der Waals surface area (Å²) in [5.74, 6) is -1.88. The van der Waals surface area contributed by atoms with E-state index in [0.29, 0.717) is 17.6 Å². The Balaban J connectivity index is 3.47. The van der Waals surface area contributed by atoms with E-state index in [1.54, 1.807) is 39.8 Å². The molecule has 6 nitrogen and oxygen atoms in total. The molecule has 1 atom stereocenters. The Bertz CT molecular complexity index is 959. The molecule has 0 aliphatic carbocycles. The minimum Gasteiger partial charge on any atom is -0.508 e. The molecule has 2 N–H and O–H groups in total. The van der Waals surface area contributed by atoms with E-state index in [-0.39, 0.29) is 33.9 Å². The van der Waals surface area contributed by atoms with Gasteiger partial charge in [-0.2, -0.15) is 0 Å². The Morgan fingerprint density at radius 1 is 1.06 bits per heavy atom. The lowest BCUT2D eigenvalue weighted by Crippen LogP contribution is -2.20. The molecule has 0 saturated heterocycles. The van der Waals surface area contributed by atoms with Crippen LogP contribution in [0.4, 0.5) is 0 Å². The lowest BCUT2D eigenvalue weighted by Gasteiger charge is -2.22. The number of phenolic OH excluding ortho intramolecular Hbond substituents is 2. The SMILES string of the molecule is C=C(c1cc(O)c(C)c(OC(=O)/C(C)=C\C)c1O)[C@H](CC=C(C)C)OC(=O)/C(C)=C\C. The van der Waals surface area contributed by atoms with Crippen molar-refractivity contribution in [2.24, 2.45) is 0 Å². The number of carbonyl (C=O) groups is 2. The number of phenols is 2. The van der Waals surface area contributed by atoms with E-state index in [1.165, 1.54) is 13.0 Å². The zero-order chi connectivity index (χ0) is 23.9. The number of benzene rings is 1. The van der Waals surface area contributed by atoms with Gasteiger partial charge in [-0.25, -0.2) is 9.59 Å². The number of carbonyl (C=O) groups excluding carboxylic acids is 2. The summed E-state index contributed by atoms with van der Waals surface area (Å²) in [7, 11) is 0. The lowest BCUT2D eigenvalue weighted by molar-refractivity contribution is -0.141. The largest absolute Gasteiger partial charge is 0.508 e. The van der Waals surface area contributed by atoms with E-state index < -0.39 is 18.0 Å². The lowest BCUT2D eigenvalue weighted by atomic mass is 9.96. The molecule has 0 spiro atoms. The highest BCUT2D eigenvalue weighted by Crippen LogP contribution is 2.43. The Kier molecular flexibility index (Phi) is 9.31. The molecule has 0 aliphatic heterocycles. The Hall–Kier alpha value is -3.28. The third kappa shape index (κ3) is 6.60. The Morgan fingerprint density at radius 2 is 1.61 bits per heavy atom. The number of aromatic hydroxyl groups is 2. The van der Waals surface area contributed by atoms with Gasteiger partial charge in [0.05, 0.1) is 0 Å². The van der Waals surface area contributed by atoms with Crippen LogP contribution in [0.15, 0.2) is 47.6 Å². The van der Waals surface area contributed by atoms with Crippen molar-refractivity contribution in [2.75, 3.05) is 0 Å². The van der Waals surface area contributed by atoms with Gasteiger partial charge in [-0.15, -0.1) is 0 Å². The minimum absolute atomic E-state index is 0.127. The van der Waals surface area contributed by atoms with Gasteiger partial charge in [0.15, 0.2) is 11.5 Å². The van der Waals surface area contributed by atoms with Crippen LogP contribution < -0.4 is 4.74 Å². The van der Waals surface area contributed by atoms with Crippen molar-refractivity contribution in [2.45, 2.75) is 61.0 Å². The molecule has 1 aromatic carbocycles.